The molecule has 1 heterocycles. The zero-order chi connectivity index (χ0) is 18.2. The van der Waals surface area contributed by atoms with Crippen molar-refractivity contribution in [2.24, 2.45) is 0 Å². The van der Waals surface area contributed by atoms with E-state index < -0.39 is 0 Å². The Hall–Kier alpha value is -2.66. The monoisotopic (exact) mass is 366 g/mol. The third kappa shape index (κ3) is 4.92. The van der Waals surface area contributed by atoms with E-state index in [0.717, 1.165) is 34.9 Å². The Labute approximate surface area is 157 Å². The van der Waals surface area contributed by atoms with Crippen LogP contribution in [0.4, 0.5) is 0 Å². The molecule has 0 aliphatic carbocycles. The number of benzene rings is 2. The van der Waals surface area contributed by atoms with Crippen molar-refractivity contribution in [1.29, 1.82) is 0 Å². The van der Waals surface area contributed by atoms with Crippen LogP contribution in [0.15, 0.2) is 60.0 Å². The van der Waals surface area contributed by atoms with E-state index in [2.05, 4.69) is 10.3 Å². The van der Waals surface area contributed by atoms with E-state index in [-0.39, 0.29) is 5.91 Å². The molecule has 2 aromatic carbocycles. The lowest BCUT2D eigenvalue weighted by molar-refractivity contribution is -0.121. The van der Waals surface area contributed by atoms with Gasteiger partial charge in [0.15, 0.2) is 0 Å². The van der Waals surface area contributed by atoms with Crippen LogP contribution in [0.2, 0.25) is 0 Å². The molecule has 0 atom stereocenters. The van der Waals surface area contributed by atoms with Crippen LogP contribution in [-0.2, 0) is 17.6 Å². The summed E-state index contributed by atoms with van der Waals surface area (Å²) in [7, 11) is 1.67. The fourth-order valence-electron chi connectivity index (χ4n) is 2.69. The Morgan fingerprint density at radius 2 is 1.85 bits per heavy atom. The van der Waals surface area contributed by atoms with Crippen LogP contribution in [-0.4, -0.2) is 24.5 Å². The van der Waals surface area contributed by atoms with Gasteiger partial charge in [0.1, 0.15) is 10.8 Å². The number of amides is 1. The predicted octanol–water partition coefficient (Wildman–Crippen LogP) is 4.11. The van der Waals surface area contributed by atoms with Gasteiger partial charge in [-0.1, -0.05) is 42.5 Å². The minimum atomic E-state index is 0.0778. The van der Waals surface area contributed by atoms with Gasteiger partial charge in [-0.05, 0) is 24.1 Å². The zero-order valence-electron chi connectivity index (χ0n) is 14.8. The first-order chi connectivity index (χ1) is 12.8. The summed E-state index contributed by atoms with van der Waals surface area (Å²) in [6.07, 6.45) is 2.00. The number of thiazole rings is 1. The highest BCUT2D eigenvalue weighted by Gasteiger charge is 2.10. The number of para-hydroxylation sites is 1. The van der Waals surface area contributed by atoms with Crippen LogP contribution in [0.5, 0.6) is 5.75 Å². The molecule has 26 heavy (non-hydrogen) atoms. The molecule has 1 amide bonds. The third-order valence-electron chi connectivity index (χ3n) is 4.08. The summed E-state index contributed by atoms with van der Waals surface area (Å²) in [5, 5.41) is 5.95. The first kappa shape index (κ1) is 18.1. The fourth-order valence-corrected chi connectivity index (χ4v) is 3.57. The summed E-state index contributed by atoms with van der Waals surface area (Å²) >= 11 is 1.59. The van der Waals surface area contributed by atoms with Crippen LogP contribution >= 0.6 is 11.3 Å². The maximum Gasteiger partial charge on any atom is 0.220 e. The number of aromatic nitrogens is 1. The van der Waals surface area contributed by atoms with Crippen molar-refractivity contribution < 1.29 is 9.53 Å². The van der Waals surface area contributed by atoms with Gasteiger partial charge in [-0.3, -0.25) is 4.79 Å². The van der Waals surface area contributed by atoms with Gasteiger partial charge in [0.2, 0.25) is 5.91 Å². The van der Waals surface area contributed by atoms with Crippen LogP contribution in [0, 0.1) is 0 Å². The van der Waals surface area contributed by atoms with Gasteiger partial charge >= 0.3 is 0 Å². The third-order valence-corrected chi connectivity index (χ3v) is 5.00. The summed E-state index contributed by atoms with van der Waals surface area (Å²) in [4.78, 5) is 16.6. The predicted molar refractivity (Wildman–Crippen MR) is 106 cm³/mol. The number of hydrogen-bond donors (Lipinski definition) is 1. The van der Waals surface area contributed by atoms with Crippen molar-refractivity contribution in [3.8, 4) is 16.3 Å². The number of nitrogens with zero attached hydrogens (tertiary/aromatic N) is 1. The minimum absolute atomic E-state index is 0.0778. The number of carbonyl (C=O) groups excluding carboxylic acids is 1. The van der Waals surface area contributed by atoms with Crippen molar-refractivity contribution in [1.82, 2.24) is 10.3 Å². The topological polar surface area (TPSA) is 51.2 Å². The Kier molecular flexibility index (Phi) is 6.39. The average molecular weight is 366 g/mol. The number of nitrogens with one attached hydrogen (secondary N) is 1. The average Bonchev–Trinajstić information content (AvgIpc) is 3.16. The van der Waals surface area contributed by atoms with Crippen molar-refractivity contribution in [3.63, 3.8) is 0 Å². The lowest BCUT2D eigenvalue weighted by Crippen LogP contribution is -2.25. The van der Waals surface area contributed by atoms with Crippen molar-refractivity contribution in [2.45, 2.75) is 19.3 Å². The quantitative estimate of drug-likeness (QED) is 0.653. The largest absolute Gasteiger partial charge is 0.496 e. The molecule has 1 N–H and O–H groups in total. The molecule has 0 fully saturated rings. The molecule has 0 saturated carbocycles. The van der Waals surface area contributed by atoms with Crippen molar-refractivity contribution in [2.75, 3.05) is 13.7 Å². The molecule has 3 rings (SSSR count). The summed E-state index contributed by atoms with van der Waals surface area (Å²) in [6, 6.07) is 17.9. The molecule has 0 saturated heterocycles. The summed E-state index contributed by atoms with van der Waals surface area (Å²) in [6.45, 7) is 0.600. The second-order valence-electron chi connectivity index (χ2n) is 5.93. The van der Waals surface area contributed by atoms with E-state index in [9.17, 15) is 4.79 Å². The van der Waals surface area contributed by atoms with Gasteiger partial charge in [-0.2, -0.15) is 0 Å². The molecule has 1 aromatic heterocycles. The Morgan fingerprint density at radius 1 is 1.08 bits per heavy atom. The number of ether oxygens (including phenoxy) is 1. The highest BCUT2D eigenvalue weighted by atomic mass is 32.1. The van der Waals surface area contributed by atoms with E-state index in [1.54, 1.807) is 18.4 Å². The van der Waals surface area contributed by atoms with Gasteiger partial charge < -0.3 is 10.1 Å². The molecule has 3 aromatic rings. The Bertz CT molecular complexity index is 846. The lowest BCUT2D eigenvalue weighted by atomic mass is 10.1. The molecule has 5 heteroatoms. The SMILES string of the molecule is COc1ccccc1-c1nc(CCNC(=O)CCc2ccccc2)cs1. The molecule has 0 unspecified atom stereocenters. The van der Waals surface area contributed by atoms with Gasteiger partial charge in [0.05, 0.1) is 18.4 Å². The van der Waals surface area contributed by atoms with Crippen LogP contribution < -0.4 is 10.1 Å². The van der Waals surface area contributed by atoms with E-state index >= 15 is 0 Å². The van der Waals surface area contributed by atoms with Crippen molar-refractivity contribution in [3.05, 3.63) is 71.2 Å². The number of rotatable bonds is 8. The number of methoxy groups -OCH3 is 1. The van der Waals surface area contributed by atoms with E-state index in [1.165, 1.54) is 5.56 Å². The highest BCUT2D eigenvalue weighted by molar-refractivity contribution is 7.13. The van der Waals surface area contributed by atoms with Gasteiger partial charge in [0, 0.05) is 24.8 Å². The molecular weight excluding hydrogens is 344 g/mol. The first-order valence-corrected chi connectivity index (χ1v) is 9.52. The maximum absolute atomic E-state index is 12.0. The molecule has 0 aliphatic heterocycles. The molecular formula is C21H22N2O2S. The van der Waals surface area contributed by atoms with Crippen LogP contribution in [0.3, 0.4) is 0 Å². The normalized spacial score (nSPS) is 10.5. The summed E-state index contributed by atoms with van der Waals surface area (Å²) < 4.78 is 5.39. The van der Waals surface area contributed by atoms with Gasteiger partial charge in [-0.15, -0.1) is 11.3 Å². The van der Waals surface area contributed by atoms with E-state index in [4.69, 9.17) is 4.74 Å². The van der Waals surface area contributed by atoms with Gasteiger partial charge in [0.25, 0.3) is 0 Å². The number of carbonyl (C=O) groups is 1. The Balaban J connectivity index is 1.47. The molecule has 0 radical (unpaired) electrons. The molecule has 0 spiro atoms. The number of hydrogen-bond acceptors (Lipinski definition) is 4. The summed E-state index contributed by atoms with van der Waals surface area (Å²) in [5.41, 5.74) is 3.17. The van der Waals surface area contributed by atoms with Crippen LogP contribution in [0.1, 0.15) is 17.7 Å². The van der Waals surface area contributed by atoms with Gasteiger partial charge in [-0.25, -0.2) is 4.98 Å². The van der Waals surface area contributed by atoms with Crippen molar-refractivity contribution >= 4 is 17.2 Å². The molecule has 4 nitrogen and oxygen atoms in total. The van der Waals surface area contributed by atoms with E-state index in [1.807, 2.05) is 60.0 Å². The fraction of sp³-hybridized carbons (Fsp3) is 0.238. The van der Waals surface area contributed by atoms with Crippen LogP contribution in [0.25, 0.3) is 10.6 Å². The second kappa shape index (κ2) is 9.15. The van der Waals surface area contributed by atoms with E-state index in [0.29, 0.717) is 13.0 Å². The lowest BCUT2D eigenvalue weighted by Gasteiger charge is -2.05. The maximum atomic E-state index is 12.0. The summed E-state index contributed by atoms with van der Waals surface area (Å²) in [5.74, 6) is 0.900. The minimum Gasteiger partial charge on any atom is -0.496 e. The highest BCUT2D eigenvalue weighted by Crippen LogP contribution is 2.31. The molecule has 0 bridgehead atoms. The standard InChI is InChI=1S/C21H22N2O2S/c1-25-19-10-6-5-9-18(19)21-23-17(15-26-21)13-14-22-20(24)12-11-16-7-3-2-4-8-16/h2-10,15H,11-14H2,1H3,(H,22,24). The molecule has 134 valence electrons. The zero-order valence-corrected chi connectivity index (χ0v) is 15.6. The number of aryl methyl sites for hydroxylation is 1. The smallest absolute Gasteiger partial charge is 0.220 e. The first-order valence-electron chi connectivity index (χ1n) is 8.64. The molecule has 0 aliphatic rings. The second-order valence-corrected chi connectivity index (χ2v) is 6.79. The Morgan fingerprint density at radius 3 is 2.65 bits per heavy atom.